The van der Waals surface area contributed by atoms with Crippen molar-refractivity contribution in [3.63, 3.8) is 0 Å². The van der Waals surface area contributed by atoms with E-state index in [4.69, 9.17) is 4.98 Å². The van der Waals surface area contributed by atoms with Crippen LogP contribution in [0.4, 0.5) is 5.95 Å². The Morgan fingerprint density at radius 1 is 1.08 bits per heavy atom. The topological polar surface area (TPSA) is 60.9 Å². The molecule has 0 unspecified atom stereocenters. The second kappa shape index (κ2) is 6.51. The van der Waals surface area contributed by atoms with Crippen molar-refractivity contribution in [3.8, 4) is 0 Å². The minimum absolute atomic E-state index is 0.222. The Hall–Kier alpha value is -1.95. The number of rotatable bonds is 4. The summed E-state index contributed by atoms with van der Waals surface area (Å²) in [6.07, 6.45) is 8.58. The zero-order chi connectivity index (χ0) is 16.4. The summed E-state index contributed by atoms with van der Waals surface area (Å²) in [5.74, 6) is 0.907. The van der Waals surface area contributed by atoms with E-state index in [1.165, 1.54) is 18.5 Å². The van der Waals surface area contributed by atoms with Crippen molar-refractivity contribution in [1.29, 1.82) is 0 Å². The highest BCUT2D eigenvalue weighted by Crippen LogP contribution is 2.34. The Bertz CT molecular complexity index is 654. The maximum atomic E-state index is 4.79. The van der Waals surface area contributed by atoms with Gasteiger partial charge in [0.15, 0.2) is 0 Å². The molecule has 2 aliphatic heterocycles. The van der Waals surface area contributed by atoms with Gasteiger partial charge in [-0.2, -0.15) is 5.10 Å². The molecule has 128 valence electrons. The molecule has 0 radical (unpaired) electrons. The molecular weight excluding hydrogens is 300 g/mol. The van der Waals surface area contributed by atoms with Crippen LogP contribution in [0.3, 0.4) is 0 Å². The number of aromatic nitrogens is 4. The van der Waals surface area contributed by atoms with Crippen molar-refractivity contribution in [3.05, 3.63) is 35.9 Å². The Kier molecular flexibility index (Phi) is 4.22. The fraction of sp³-hybridized carbons (Fsp3) is 0.611. The van der Waals surface area contributed by atoms with Crippen LogP contribution >= 0.6 is 0 Å². The Morgan fingerprint density at radius 2 is 1.88 bits per heavy atom. The van der Waals surface area contributed by atoms with Crippen molar-refractivity contribution < 1.29 is 0 Å². The fourth-order valence-electron chi connectivity index (χ4n) is 3.84. The number of nitrogens with zero attached hydrogens (tertiary/aromatic N) is 5. The van der Waals surface area contributed by atoms with Crippen molar-refractivity contribution in [2.75, 3.05) is 31.1 Å². The van der Waals surface area contributed by atoms with Gasteiger partial charge in [0, 0.05) is 43.1 Å². The summed E-state index contributed by atoms with van der Waals surface area (Å²) in [5.41, 5.74) is 2.62. The maximum Gasteiger partial charge on any atom is 0.225 e. The summed E-state index contributed by atoms with van der Waals surface area (Å²) < 4.78 is 0. The molecule has 2 saturated heterocycles. The molecule has 0 amide bonds. The standard InChI is InChI=1S/C18H26N6/c1-18(16-5-9-20-22-16)6-12-23(13-7-18)14-15-4-8-19-17(21-15)24-10-2-3-11-24/h4-5,8-9H,2-3,6-7,10-14H2,1H3,(H,20,22). The molecule has 6 heteroatoms. The highest BCUT2D eigenvalue weighted by molar-refractivity contribution is 5.31. The van der Waals surface area contributed by atoms with E-state index >= 15 is 0 Å². The predicted octanol–water partition coefficient (Wildman–Crippen LogP) is 2.35. The van der Waals surface area contributed by atoms with Crippen LogP contribution in [-0.2, 0) is 12.0 Å². The van der Waals surface area contributed by atoms with Gasteiger partial charge in [0.1, 0.15) is 0 Å². The van der Waals surface area contributed by atoms with E-state index < -0.39 is 0 Å². The molecule has 2 aromatic rings. The van der Waals surface area contributed by atoms with Crippen LogP contribution in [0.2, 0.25) is 0 Å². The molecule has 2 aliphatic rings. The van der Waals surface area contributed by atoms with Crippen LogP contribution in [0.1, 0.15) is 44.0 Å². The molecule has 0 atom stereocenters. The summed E-state index contributed by atoms with van der Waals surface area (Å²) in [7, 11) is 0. The smallest absolute Gasteiger partial charge is 0.225 e. The highest BCUT2D eigenvalue weighted by Gasteiger charge is 2.32. The van der Waals surface area contributed by atoms with Gasteiger partial charge in [-0.15, -0.1) is 0 Å². The quantitative estimate of drug-likeness (QED) is 0.934. The van der Waals surface area contributed by atoms with Crippen LogP contribution < -0.4 is 4.90 Å². The highest BCUT2D eigenvalue weighted by atomic mass is 15.3. The molecule has 4 heterocycles. The van der Waals surface area contributed by atoms with Gasteiger partial charge in [-0.25, -0.2) is 9.97 Å². The van der Waals surface area contributed by atoms with E-state index in [0.29, 0.717) is 0 Å². The molecule has 2 aromatic heterocycles. The molecule has 1 N–H and O–H groups in total. The molecule has 0 aromatic carbocycles. The average Bonchev–Trinajstić information content (AvgIpc) is 3.31. The number of piperidine rings is 1. The van der Waals surface area contributed by atoms with Crippen molar-refractivity contribution in [2.24, 2.45) is 0 Å². The Labute approximate surface area is 143 Å². The third kappa shape index (κ3) is 3.15. The largest absolute Gasteiger partial charge is 0.341 e. The van der Waals surface area contributed by atoms with E-state index in [9.17, 15) is 0 Å². The van der Waals surface area contributed by atoms with Crippen LogP contribution in [0, 0.1) is 0 Å². The molecule has 0 saturated carbocycles. The molecule has 0 aliphatic carbocycles. The van der Waals surface area contributed by atoms with Gasteiger partial charge >= 0.3 is 0 Å². The van der Waals surface area contributed by atoms with Crippen molar-refractivity contribution in [2.45, 2.75) is 44.6 Å². The van der Waals surface area contributed by atoms with Gasteiger partial charge in [-0.05, 0) is 50.9 Å². The molecule has 6 nitrogen and oxygen atoms in total. The van der Waals surface area contributed by atoms with Crippen LogP contribution in [-0.4, -0.2) is 51.2 Å². The molecule has 4 rings (SSSR count). The van der Waals surface area contributed by atoms with Crippen molar-refractivity contribution in [1.82, 2.24) is 25.1 Å². The normalized spacial score (nSPS) is 21.3. The molecule has 2 fully saturated rings. The van der Waals surface area contributed by atoms with E-state index in [0.717, 1.165) is 57.2 Å². The fourth-order valence-corrected chi connectivity index (χ4v) is 3.84. The zero-order valence-electron chi connectivity index (χ0n) is 14.4. The number of H-pyrrole nitrogens is 1. The van der Waals surface area contributed by atoms with Gasteiger partial charge in [0.2, 0.25) is 5.95 Å². The van der Waals surface area contributed by atoms with E-state index in [1.54, 1.807) is 0 Å². The van der Waals surface area contributed by atoms with Crippen molar-refractivity contribution >= 4 is 5.95 Å². The molecule has 0 spiro atoms. The van der Waals surface area contributed by atoms with Gasteiger partial charge in [0.25, 0.3) is 0 Å². The first-order valence-corrected chi connectivity index (χ1v) is 9.02. The lowest BCUT2D eigenvalue weighted by molar-refractivity contribution is 0.158. The summed E-state index contributed by atoms with van der Waals surface area (Å²) >= 11 is 0. The average molecular weight is 326 g/mol. The molecule has 0 bridgehead atoms. The number of aromatic amines is 1. The van der Waals surface area contributed by atoms with Gasteiger partial charge in [-0.3, -0.25) is 10.00 Å². The number of nitrogens with one attached hydrogen (secondary N) is 1. The first-order valence-electron chi connectivity index (χ1n) is 9.02. The molecular formula is C18H26N6. The van der Waals surface area contributed by atoms with Gasteiger partial charge in [-0.1, -0.05) is 6.92 Å². The lowest BCUT2D eigenvalue weighted by Gasteiger charge is -2.38. The van der Waals surface area contributed by atoms with E-state index in [1.807, 2.05) is 12.4 Å². The predicted molar refractivity (Wildman–Crippen MR) is 93.9 cm³/mol. The van der Waals surface area contributed by atoms with E-state index in [2.05, 4.69) is 44.0 Å². The third-order valence-corrected chi connectivity index (χ3v) is 5.59. The number of hydrogen-bond acceptors (Lipinski definition) is 5. The van der Waals surface area contributed by atoms with Gasteiger partial charge < -0.3 is 4.90 Å². The number of likely N-dealkylation sites (tertiary alicyclic amines) is 1. The first-order chi connectivity index (χ1) is 11.7. The molecule has 24 heavy (non-hydrogen) atoms. The summed E-state index contributed by atoms with van der Waals surface area (Å²) in [6.45, 7) is 7.64. The summed E-state index contributed by atoms with van der Waals surface area (Å²) in [4.78, 5) is 14.1. The van der Waals surface area contributed by atoms with Crippen LogP contribution in [0.5, 0.6) is 0 Å². The number of anilines is 1. The summed E-state index contributed by atoms with van der Waals surface area (Å²) in [5, 5.41) is 7.27. The monoisotopic (exact) mass is 326 g/mol. The lowest BCUT2D eigenvalue weighted by Crippen LogP contribution is -2.41. The third-order valence-electron chi connectivity index (χ3n) is 5.59. The minimum atomic E-state index is 0.222. The maximum absolute atomic E-state index is 4.79. The van der Waals surface area contributed by atoms with Crippen LogP contribution in [0.15, 0.2) is 24.5 Å². The first kappa shape index (κ1) is 15.6. The Balaban J connectivity index is 1.38. The second-order valence-corrected chi connectivity index (χ2v) is 7.35. The summed E-state index contributed by atoms with van der Waals surface area (Å²) in [6, 6.07) is 4.17. The SMILES string of the molecule is CC1(c2ccn[nH]2)CCN(Cc2ccnc(N3CCCC3)n2)CC1. The zero-order valence-corrected chi connectivity index (χ0v) is 14.4. The number of hydrogen-bond donors (Lipinski definition) is 1. The Morgan fingerprint density at radius 3 is 2.58 bits per heavy atom. The van der Waals surface area contributed by atoms with Crippen LogP contribution in [0.25, 0.3) is 0 Å². The van der Waals surface area contributed by atoms with Gasteiger partial charge in [0.05, 0.1) is 5.69 Å². The van der Waals surface area contributed by atoms with E-state index in [-0.39, 0.29) is 5.41 Å². The lowest BCUT2D eigenvalue weighted by atomic mass is 9.77. The minimum Gasteiger partial charge on any atom is -0.341 e. The second-order valence-electron chi connectivity index (χ2n) is 7.35.